The van der Waals surface area contributed by atoms with E-state index in [1.807, 2.05) is 0 Å². The Kier molecular flexibility index (Phi) is 11.7. The molecule has 0 saturated heterocycles. The molecule has 0 fully saturated rings. The fourth-order valence-electron chi connectivity index (χ4n) is 7.87. The first-order chi connectivity index (χ1) is 23.6. The monoisotopic (exact) mass is 699 g/mol. The van der Waals surface area contributed by atoms with Crippen LogP contribution in [0.25, 0.3) is 22.3 Å². The van der Waals surface area contributed by atoms with Crippen molar-refractivity contribution in [2.75, 3.05) is 0 Å². The molecule has 0 atom stereocenters. The van der Waals surface area contributed by atoms with E-state index in [1.54, 1.807) is 0 Å². The predicted octanol–water partition coefficient (Wildman–Crippen LogP) is 15.4. The highest BCUT2D eigenvalue weighted by molar-refractivity contribution is 5.72. The molecule has 0 heterocycles. The standard InChI is InChI=1S/C52H74/c1-47(2,3)41-29-25-37(33-45(41)51(13,14)15)39-27-23-35(31-43(39)49(7,8)9)21-19-20-22-36-24-28-40(44(32-36)50(10,11)12)38-26-30-42(48(4,5)6)46(34-38)52(16,17)18/h23-34H,19-22H2,1-18H3. The topological polar surface area (TPSA) is 0 Å². The number of unbranched alkanes of at least 4 members (excludes halogenated alkanes) is 1. The summed E-state index contributed by atoms with van der Waals surface area (Å²) in [4.78, 5) is 0. The van der Waals surface area contributed by atoms with Crippen molar-refractivity contribution in [2.45, 2.75) is 183 Å². The van der Waals surface area contributed by atoms with Crippen LogP contribution < -0.4 is 0 Å². The maximum atomic E-state index is 2.51. The zero-order chi connectivity index (χ0) is 39.2. The molecule has 0 aliphatic carbocycles. The molecule has 0 aliphatic rings. The minimum absolute atomic E-state index is 0.0573. The molecule has 0 aromatic heterocycles. The summed E-state index contributed by atoms with van der Waals surface area (Å²) < 4.78 is 0. The van der Waals surface area contributed by atoms with Gasteiger partial charge in [0.1, 0.15) is 0 Å². The minimum atomic E-state index is 0.0573. The largest absolute Gasteiger partial charge is 0.0584 e. The summed E-state index contributed by atoms with van der Waals surface area (Å²) in [7, 11) is 0. The van der Waals surface area contributed by atoms with Crippen LogP contribution in [0.2, 0.25) is 0 Å². The quantitative estimate of drug-likeness (QED) is 0.169. The van der Waals surface area contributed by atoms with Gasteiger partial charge in [0, 0.05) is 0 Å². The van der Waals surface area contributed by atoms with Crippen molar-refractivity contribution < 1.29 is 0 Å². The third-order valence-corrected chi connectivity index (χ3v) is 10.9. The van der Waals surface area contributed by atoms with Crippen LogP contribution in [-0.4, -0.2) is 0 Å². The Morgan fingerprint density at radius 1 is 0.288 bits per heavy atom. The van der Waals surface area contributed by atoms with Gasteiger partial charge in [0.05, 0.1) is 0 Å². The Hall–Kier alpha value is -3.12. The summed E-state index contributed by atoms with van der Waals surface area (Å²) in [5, 5.41) is 0. The first kappa shape index (κ1) is 41.6. The van der Waals surface area contributed by atoms with Gasteiger partial charge in [0.15, 0.2) is 0 Å². The van der Waals surface area contributed by atoms with Gasteiger partial charge >= 0.3 is 0 Å². The van der Waals surface area contributed by atoms with Gasteiger partial charge in [-0.1, -0.05) is 197 Å². The molecule has 282 valence electrons. The SMILES string of the molecule is CC(C)(C)c1cc(CCCCc2ccc(-c3ccc(C(C)(C)C)c(C(C)(C)C)c3)c(C(C)(C)C)c2)ccc1-c1ccc(C(C)(C)C)c(C(C)(C)C)c1. The van der Waals surface area contributed by atoms with Crippen LogP contribution in [0, 0.1) is 0 Å². The smallest absolute Gasteiger partial charge is 0.0126 e. The number of hydrogen-bond donors (Lipinski definition) is 0. The molecule has 4 aromatic rings. The van der Waals surface area contributed by atoms with Crippen LogP contribution in [0.5, 0.6) is 0 Å². The van der Waals surface area contributed by atoms with Crippen molar-refractivity contribution in [1.82, 2.24) is 0 Å². The van der Waals surface area contributed by atoms with Crippen LogP contribution in [0.4, 0.5) is 0 Å². The number of aryl methyl sites for hydroxylation is 2. The Labute approximate surface area is 321 Å². The van der Waals surface area contributed by atoms with Crippen molar-refractivity contribution in [2.24, 2.45) is 0 Å². The summed E-state index contributed by atoms with van der Waals surface area (Å²) in [6, 6.07) is 29.1. The van der Waals surface area contributed by atoms with E-state index in [-0.39, 0.29) is 32.5 Å². The summed E-state index contributed by atoms with van der Waals surface area (Å²) in [5.41, 5.74) is 17.6. The Morgan fingerprint density at radius 2 is 0.577 bits per heavy atom. The highest BCUT2D eigenvalue weighted by Crippen LogP contribution is 2.42. The second kappa shape index (κ2) is 14.6. The Morgan fingerprint density at radius 3 is 0.846 bits per heavy atom. The molecule has 0 aliphatic heterocycles. The van der Waals surface area contributed by atoms with Crippen LogP contribution >= 0.6 is 0 Å². The van der Waals surface area contributed by atoms with E-state index in [9.17, 15) is 0 Å². The second-order valence-corrected chi connectivity index (χ2v) is 22.0. The van der Waals surface area contributed by atoms with Crippen molar-refractivity contribution in [1.29, 1.82) is 0 Å². The fraction of sp³-hybridized carbons (Fsp3) is 0.538. The third-order valence-electron chi connectivity index (χ3n) is 10.9. The van der Waals surface area contributed by atoms with E-state index in [2.05, 4.69) is 197 Å². The van der Waals surface area contributed by atoms with Crippen LogP contribution in [0.15, 0.2) is 72.8 Å². The first-order valence-corrected chi connectivity index (χ1v) is 20.2. The Bertz CT molecular complexity index is 1710. The second-order valence-electron chi connectivity index (χ2n) is 22.0. The predicted molar refractivity (Wildman–Crippen MR) is 233 cm³/mol. The number of benzene rings is 4. The molecule has 52 heavy (non-hydrogen) atoms. The highest BCUT2D eigenvalue weighted by Gasteiger charge is 2.28. The van der Waals surface area contributed by atoms with Gasteiger partial charge in [-0.2, -0.15) is 0 Å². The van der Waals surface area contributed by atoms with Crippen molar-refractivity contribution >= 4 is 0 Å². The lowest BCUT2D eigenvalue weighted by Crippen LogP contribution is -2.22. The molecule has 0 unspecified atom stereocenters. The van der Waals surface area contributed by atoms with Gasteiger partial charge in [-0.3, -0.25) is 0 Å². The van der Waals surface area contributed by atoms with Gasteiger partial charge in [0.2, 0.25) is 0 Å². The van der Waals surface area contributed by atoms with E-state index in [0.29, 0.717) is 0 Å². The molecule has 0 bridgehead atoms. The van der Waals surface area contributed by atoms with Gasteiger partial charge < -0.3 is 0 Å². The molecule has 0 spiro atoms. The lowest BCUT2D eigenvalue weighted by molar-refractivity contribution is 0.530. The Balaban J connectivity index is 1.57. The van der Waals surface area contributed by atoms with Crippen LogP contribution in [0.3, 0.4) is 0 Å². The van der Waals surface area contributed by atoms with Crippen LogP contribution in [-0.2, 0) is 45.3 Å². The first-order valence-electron chi connectivity index (χ1n) is 20.2. The number of rotatable bonds is 7. The van der Waals surface area contributed by atoms with Crippen LogP contribution in [0.1, 0.15) is 182 Å². The normalized spacial score (nSPS) is 13.5. The zero-order valence-electron chi connectivity index (χ0n) is 36.8. The maximum Gasteiger partial charge on any atom is -0.0126 e. The van der Waals surface area contributed by atoms with Gasteiger partial charge in [-0.15, -0.1) is 0 Å². The average molecular weight is 699 g/mol. The van der Waals surface area contributed by atoms with E-state index >= 15 is 0 Å². The van der Waals surface area contributed by atoms with E-state index in [4.69, 9.17) is 0 Å². The average Bonchev–Trinajstić information content (AvgIpc) is 3.00. The molecule has 4 rings (SSSR count). The maximum absolute atomic E-state index is 2.51. The molecule has 0 nitrogen and oxygen atoms in total. The molecule has 0 saturated carbocycles. The molecule has 0 amide bonds. The van der Waals surface area contributed by atoms with Crippen molar-refractivity contribution in [3.8, 4) is 22.3 Å². The van der Waals surface area contributed by atoms with Crippen molar-refractivity contribution in [3.05, 3.63) is 117 Å². The lowest BCUT2D eigenvalue weighted by Gasteiger charge is -2.31. The van der Waals surface area contributed by atoms with Gasteiger partial charge in [0.25, 0.3) is 0 Å². The fourth-order valence-corrected chi connectivity index (χ4v) is 7.87. The molecular formula is C52H74. The summed E-state index contributed by atoms with van der Waals surface area (Å²) >= 11 is 0. The minimum Gasteiger partial charge on any atom is -0.0584 e. The lowest BCUT2D eigenvalue weighted by atomic mass is 9.73. The van der Waals surface area contributed by atoms with E-state index < -0.39 is 0 Å². The van der Waals surface area contributed by atoms with Crippen molar-refractivity contribution in [3.63, 3.8) is 0 Å². The molecular weight excluding hydrogens is 625 g/mol. The third kappa shape index (κ3) is 9.89. The van der Waals surface area contributed by atoms with E-state index in [0.717, 1.165) is 12.8 Å². The number of hydrogen-bond acceptors (Lipinski definition) is 0. The molecule has 0 N–H and O–H groups in total. The zero-order valence-corrected chi connectivity index (χ0v) is 36.8. The summed E-state index contributed by atoms with van der Waals surface area (Å²) in [6.07, 6.45) is 4.60. The summed E-state index contributed by atoms with van der Waals surface area (Å²) in [5.74, 6) is 0. The molecule has 4 aromatic carbocycles. The van der Waals surface area contributed by atoms with Gasteiger partial charge in [-0.25, -0.2) is 0 Å². The molecule has 0 radical (unpaired) electrons. The summed E-state index contributed by atoms with van der Waals surface area (Å²) in [6.45, 7) is 42.3. The van der Waals surface area contributed by atoms with E-state index in [1.165, 1.54) is 79.6 Å². The molecule has 0 heteroatoms. The highest BCUT2D eigenvalue weighted by atomic mass is 14.3. The van der Waals surface area contributed by atoms with Gasteiger partial charge in [-0.05, 0) is 125 Å².